The number of benzene rings is 2. The summed E-state index contributed by atoms with van der Waals surface area (Å²) < 4.78 is 39.4. The van der Waals surface area contributed by atoms with Crippen molar-refractivity contribution in [3.63, 3.8) is 0 Å². The number of nitrogens with two attached hydrogens (primary N) is 1. The number of thioether (sulfide) groups is 1. The van der Waals surface area contributed by atoms with E-state index in [0.29, 0.717) is 31.7 Å². The van der Waals surface area contributed by atoms with E-state index in [1.54, 1.807) is 42.1 Å². The summed E-state index contributed by atoms with van der Waals surface area (Å²) in [5.41, 5.74) is 5.41. The van der Waals surface area contributed by atoms with Crippen LogP contribution in [0, 0.1) is 23.7 Å². The predicted molar refractivity (Wildman–Crippen MR) is 168 cm³/mol. The number of aryl methyl sites for hydroxylation is 1. The molecule has 3 amide bonds. The van der Waals surface area contributed by atoms with E-state index in [2.05, 4.69) is 38.2 Å². The van der Waals surface area contributed by atoms with Gasteiger partial charge in [0.05, 0.1) is 18.0 Å². The minimum absolute atomic E-state index is 0.0778. The van der Waals surface area contributed by atoms with Crippen molar-refractivity contribution in [2.24, 2.45) is 32.8 Å². The Bertz CT molecular complexity index is 1520. The standard InChI is InChI=1S/C30H31F3IN5O3S/c1-17-14-18(15-39-26(41)24(37-38-39)19-9-11-20(12-10-19)30(31,32)33)8-13-22(17)36-27(42)29(28(2,3)16-43-4)21(25(35)40)6-5-7-23(29)34/h5-14,21,24H,15-16H2,1-4H3,(H2,35,40)(H,36,42). The molecule has 2 aromatic carbocycles. The summed E-state index contributed by atoms with van der Waals surface area (Å²) in [5, 5.41) is 12.1. The Morgan fingerprint density at radius 2 is 1.84 bits per heavy atom. The van der Waals surface area contributed by atoms with Crippen LogP contribution in [0.3, 0.4) is 0 Å². The van der Waals surface area contributed by atoms with E-state index in [9.17, 15) is 27.6 Å². The molecule has 3 N–H and O–H groups in total. The van der Waals surface area contributed by atoms with Crippen LogP contribution in [0.25, 0.3) is 0 Å². The average molecular weight is 726 g/mol. The number of nitrogens with one attached hydrogen (secondary N) is 1. The molecule has 1 heterocycles. The molecule has 1 aliphatic heterocycles. The second-order valence-electron chi connectivity index (χ2n) is 11.1. The fraction of sp³-hybridized carbons (Fsp3) is 0.367. The minimum Gasteiger partial charge on any atom is -0.369 e. The van der Waals surface area contributed by atoms with Crippen molar-refractivity contribution in [2.75, 3.05) is 17.3 Å². The van der Waals surface area contributed by atoms with E-state index in [4.69, 9.17) is 5.73 Å². The maximum Gasteiger partial charge on any atom is 0.416 e. The number of allylic oxidation sites excluding steroid dienone is 2. The molecule has 43 heavy (non-hydrogen) atoms. The number of hydrogen-bond donors (Lipinski definition) is 2. The second kappa shape index (κ2) is 12.4. The topological polar surface area (TPSA) is 117 Å². The Morgan fingerprint density at radius 3 is 2.42 bits per heavy atom. The summed E-state index contributed by atoms with van der Waals surface area (Å²) in [6, 6.07) is 8.51. The quantitative estimate of drug-likeness (QED) is 0.278. The molecule has 0 fully saturated rings. The minimum atomic E-state index is -4.48. The fourth-order valence-electron chi connectivity index (χ4n) is 5.64. The summed E-state index contributed by atoms with van der Waals surface area (Å²) in [6.45, 7) is 5.80. The van der Waals surface area contributed by atoms with Crippen molar-refractivity contribution in [2.45, 2.75) is 39.5 Å². The highest BCUT2D eigenvalue weighted by Gasteiger charge is 2.59. The molecule has 4 rings (SSSR count). The van der Waals surface area contributed by atoms with Crippen LogP contribution in [0.5, 0.6) is 0 Å². The smallest absolute Gasteiger partial charge is 0.369 e. The maximum atomic E-state index is 14.2. The Kier molecular flexibility index (Phi) is 9.45. The molecule has 2 aliphatic rings. The van der Waals surface area contributed by atoms with Gasteiger partial charge >= 0.3 is 6.18 Å². The zero-order chi connectivity index (χ0) is 31.7. The van der Waals surface area contributed by atoms with Crippen LogP contribution >= 0.6 is 34.4 Å². The second-order valence-corrected chi connectivity index (χ2v) is 13.2. The van der Waals surface area contributed by atoms with Crippen molar-refractivity contribution in [3.8, 4) is 0 Å². The third-order valence-corrected chi connectivity index (χ3v) is 10.0. The first-order chi connectivity index (χ1) is 20.1. The normalized spacial score (nSPS) is 22.1. The maximum absolute atomic E-state index is 14.2. The first-order valence-corrected chi connectivity index (χ1v) is 15.7. The zero-order valence-electron chi connectivity index (χ0n) is 23.9. The van der Waals surface area contributed by atoms with Crippen LogP contribution in [0.4, 0.5) is 18.9 Å². The molecule has 3 atom stereocenters. The number of halogens is 4. The number of rotatable bonds is 9. The number of hydrogen-bond acceptors (Lipinski definition) is 6. The van der Waals surface area contributed by atoms with Gasteiger partial charge in [-0.15, -0.1) is 0 Å². The van der Waals surface area contributed by atoms with E-state index in [-0.39, 0.29) is 12.5 Å². The van der Waals surface area contributed by atoms with Crippen LogP contribution in [0.1, 0.15) is 42.1 Å². The number of carbonyl (C=O) groups is 3. The van der Waals surface area contributed by atoms with Gasteiger partial charge < -0.3 is 11.1 Å². The average Bonchev–Trinajstić information content (AvgIpc) is 3.28. The van der Waals surface area contributed by atoms with Gasteiger partial charge in [-0.2, -0.15) is 30.0 Å². The fourth-order valence-corrected chi connectivity index (χ4v) is 8.11. The Balaban J connectivity index is 1.53. The van der Waals surface area contributed by atoms with Gasteiger partial charge in [0.2, 0.25) is 11.8 Å². The Morgan fingerprint density at radius 1 is 1.16 bits per heavy atom. The molecule has 0 saturated heterocycles. The van der Waals surface area contributed by atoms with E-state index < -0.39 is 46.3 Å². The number of nitrogens with zero attached hydrogens (tertiary/aromatic N) is 3. The monoisotopic (exact) mass is 725 g/mol. The van der Waals surface area contributed by atoms with Crippen molar-refractivity contribution >= 4 is 57.8 Å². The van der Waals surface area contributed by atoms with Crippen molar-refractivity contribution in [1.29, 1.82) is 0 Å². The Labute approximate surface area is 265 Å². The third-order valence-electron chi connectivity index (χ3n) is 7.82. The highest BCUT2D eigenvalue weighted by atomic mass is 127. The summed E-state index contributed by atoms with van der Waals surface area (Å²) in [6.07, 6.45) is 2.73. The van der Waals surface area contributed by atoms with E-state index in [1.165, 1.54) is 12.1 Å². The summed E-state index contributed by atoms with van der Waals surface area (Å²) in [5.74, 6) is -1.65. The van der Waals surface area contributed by atoms with Crippen molar-refractivity contribution < 1.29 is 27.6 Å². The van der Waals surface area contributed by atoms with Crippen molar-refractivity contribution in [1.82, 2.24) is 5.01 Å². The molecule has 0 aromatic heterocycles. The van der Waals surface area contributed by atoms with Crippen LogP contribution in [0.2, 0.25) is 0 Å². The lowest BCUT2D eigenvalue weighted by Gasteiger charge is -2.49. The third kappa shape index (κ3) is 6.24. The summed E-state index contributed by atoms with van der Waals surface area (Å²) in [4.78, 5) is 39.8. The van der Waals surface area contributed by atoms with Gasteiger partial charge in [-0.3, -0.25) is 14.4 Å². The molecule has 8 nitrogen and oxygen atoms in total. The van der Waals surface area contributed by atoms with Gasteiger partial charge in [0.15, 0.2) is 6.04 Å². The van der Waals surface area contributed by atoms with Gasteiger partial charge in [0.25, 0.3) is 5.91 Å². The van der Waals surface area contributed by atoms with Crippen LogP contribution in [-0.2, 0) is 27.1 Å². The lowest BCUT2D eigenvalue weighted by atomic mass is 9.57. The number of anilines is 1. The highest BCUT2D eigenvalue weighted by Crippen LogP contribution is 2.56. The number of alkyl halides is 3. The molecule has 228 valence electrons. The number of primary amides is 1. The van der Waals surface area contributed by atoms with Crippen LogP contribution in [-0.4, -0.2) is 34.7 Å². The summed E-state index contributed by atoms with van der Waals surface area (Å²) in [7, 11) is 0. The van der Waals surface area contributed by atoms with E-state index in [1.807, 2.05) is 33.1 Å². The molecule has 0 spiro atoms. The van der Waals surface area contributed by atoms with Gasteiger partial charge in [0, 0.05) is 9.27 Å². The highest BCUT2D eigenvalue weighted by molar-refractivity contribution is 14.1. The number of carbonyl (C=O) groups excluding carboxylic acids is 3. The zero-order valence-corrected chi connectivity index (χ0v) is 26.9. The molecular weight excluding hydrogens is 694 g/mol. The van der Waals surface area contributed by atoms with Gasteiger partial charge in [-0.25, -0.2) is 5.01 Å². The molecule has 0 radical (unpaired) electrons. The molecule has 2 aromatic rings. The van der Waals surface area contributed by atoms with E-state index in [0.717, 1.165) is 17.1 Å². The van der Waals surface area contributed by atoms with E-state index >= 15 is 0 Å². The molecule has 1 aliphatic carbocycles. The number of amides is 3. The van der Waals surface area contributed by atoms with Gasteiger partial charge in [-0.1, -0.05) is 61.6 Å². The lowest BCUT2D eigenvalue weighted by molar-refractivity contribution is -0.138. The largest absolute Gasteiger partial charge is 0.416 e. The van der Waals surface area contributed by atoms with Gasteiger partial charge in [0.1, 0.15) is 5.41 Å². The van der Waals surface area contributed by atoms with Crippen LogP contribution < -0.4 is 11.1 Å². The molecular formula is C30H31F3IN5O3S. The summed E-state index contributed by atoms with van der Waals surface area (Å²) >= 11 is 3.70. The first-order valence-electron chi connectivity index (χ1n) is 13.3. The van der Waals surface area contributed by atoms with Gasteiger partial charge in [-0.05, 0) is 81.8 Å². The Hall–Kier alpha value is -3.20. The molecule has 0 saturated carbocycles. The predicted octanol–water partition coefficient (Wildman–Crippen LogP) is 6.77. The lowest BCUT2D eigenvalue weighted by Crippen LogP contribution is -2.57. The van der Waals surface area contributed by atoms with Crippen molar-refractivity contribution in [3.05, 3.63) is 86.5 Å². The SMILES string of the molecule is CSCC(C)(C)C1(C(=O)Nc2ccc(CN3N=NC(c4ccc(C(F)(F)F)cc4)C3=O)cc2C)C(I)=CC=CC1C(N)=O. The molecule has 13 heteroatoms. The first kappa shape index (κ1) is 32.7. The molecule has 3 unspecified atom stereocenters. The van der Waals surface area contributed by atoms with Crippen LogP contribution in [0.15, 0.2) is 74.6 Å². The molecule has 0 bridgehead atoms.